The lowest BCUT2D eigenvalue weighted by Gasteiger charge is -1.98. The van der Waals surface area contributed by atoms with E-state index >= 15 is 0 Å². The van der Waals surface area contributed by atoms with Gasteiger partial charge in [-0.25, -0.2) is 0 Å². The number of aromatic amines is 1. The number of nitrogens with one attached hydrogen (secondary N) is 1. The molecule has 0 unspecified atom stereocenters. The van der Waals surface area contributed by atoms with Crippen LogP contribution in [-0.2, 0) is 0 Å². The van der Waals surface area contributed by atoms with Gasteiger partial charge in [0.25, 0.3) is 0 Å². The van der Waals surface area contributed by atoms with Gasteiger partial charge in [0.05, 0.1) is 15.5 Å². The quantitative estimate of drug-likeness (QED) is 0.680. The SMILES string of the molecule is Cc1cc(C(=O)c2c[nH]c3cccc(Cl)c23)sc1C. The van der Waals surface area contributed by atoms with Gasteiger partial charge in [0.2, 0.25) is 5.78 Å². The molecule has 96 valence electrons. The Morgan fingerprint density at radius 2 is 2.11 bits per heavy atom. The van der Waals surface area contributed by atoms with Crippen molar-refractivity contribution in [3.05, 3.63) is 56.4 Å². The zero-order valence-electron chi connectivity index (χ0n) is 10.6. The normalized spacial score (nSPS) is 11.1. The van der Waals surface area contributed by atoms with Crippen LogP contribution < -0.4 is 0 Å². The van der Waals surface area contributed by atoms with Crippen LogP contribution in [0.4, 0.5) is 0 Å². The third kappa shape index (κ3) is 1.99. The molecule has 3 rings (SSSR count). The number of H-pyrrole nitrogens is 1. The van der Waals surface area contributed by atoms with Gasteiger partial charge >= 0.3 is 0 Å². The van der Waals surface area contributed by atoms with E-state index in [1.165, 1.54) is 16.2 Å². The minimum atomic E-state index is 0.0283. The number of aryl methyl sites for hydroxylation is 2. The first-order valence-corrected chi connectivity index (χ1v) is 7.14. The third-order valence-electron chi connectivity index (χ3n) is 3.29. The van der Waals surface area contributed by atoms with Crippen molar-refractivity contribution in [3.63, 3.8) is 0 Å². The summed E-state index contributed by atoms with van der Waals surface area (Å²) >= 11 is 7.73. The highest BCUT2D eigenvalue weighted by molar-refractivity contribution is 7.14. The summed E-state index contributed by atoms with van der Waals surface area (Å²) in [5.41, 5.74) is 2.68. The van der Waals surface area contributed by atoms with Crippen LogP contribution in [0.3, 0.4) is 0 Å². The summed E-state index contributed by atoms with van der Waals surface area (Å²) in [7, 11) is 0. The number of thiophene rings is 1. The van der Waals surface area contributed by atoms with Crippen molar-refractivity contribution >= 4 is 39.6 Å². The number of benzene rings is 1. The molecule has 0 fully saturated rings. The van der Waals surface area contributed by atoms with E-state index in [1.807, 2.05) is 32.0 Å². The second-order valence-electron chi connectivity index (χ2n) is 4.54. The number of fused-ring (bicyclic) bond motifs is 1. The van der Waals surface area contributed by atoms with Crippen molar-refractivity contribution in [1.29, 1.82) is 0 Å². The molecule has 0 aliphatic rings. The average Bonchev–Trinajstić information content (AvgIpc) is 2.94. The second kappa shape index (κ2) is 4.51. The standard InChI is InChI=1S/C15H12ClNOS/c1-8-6-13(19-9(8)2)15(18)10-7-17-12-5-3-4-11(16)14(10)12/h3-7,17H,1-2H3. The maximum atomic E-state index is 12.6. The largest absolute Gasteiger partial charge is 0.360 e. The fourth-order valence-corrected chi connectivity index (χ4v) is 3.40. The third-order valence-corrected chi connectivity index (χ3v) is 4.76. The number of rotatable bonds is 2. The molecule has 0 amide bonds. The molecule has 0 saturated heterocycles. The van der Waals surface area contributed by atoms with Crippen molar-refractivity contribution in [3.8, 4) is 0 Å². The van der Waals surface area contributed by atoms with E-state index in [-0.39, 0.29) is 5.78 Å². The summed E-state index contributed by atoms with van der Waals surface area (Å²) in [6, 6.07) is 7.54. The molecule has 2 aromatic heterocycles. The Morgan fingerprint density at radius 3 is 2.79 bits per heavy atom. The van der Waals surface area contributed by atoms with E-state index in [2.05, 4.69) is 4.98 Å². The smallest absolute Gasteiger partial charge is 0.205 e. The van der Waals surface area contributed by atoms with Crippen LogP contribution in [0.5, 0.6) is 0 Å². The lowest BCUT2D eigenvalue weighted by molar-refractivity contribution is 0.104. The lowest BCUT2D eigenvalue weighted by atomic mass is 10.1. The minimum absolute atomic E-state index is 0.0283. The van der Waals surface area contributed by atoms with E-state index in [9.17, 15) is 4.79 Å². The summed E-state index contributed by atoms with van der Waals surface area (Å²) in [6.07, 6.45) is 1.74. The van der Waals surface area contributed by atoms with Crippen molar-refractivity contribution in [2.24, 2.45) is 0 Å². The molecule has 1 N–H and O–H groups in total. The van der Waals surface area contributed by atoms with Gasteiger partial charge in [-0.3, -0.25) is 4.79 Å². The van der Waals surface area contributed by atoms with Crippen molar-refractivity contribution in [2.75, 3.05) is 0 Å². The highest BCUT2D eigenvalue weighted by atomic mass is 35.5. The Bertz CT molecular complexity index is 765. The number of hydrogen-bond acceptors (Lipinski definition) is 2. The highest BCUT2D eigenvalue weighted by Gasteiger charge is 2.18. The van der Waals surface area contributed by atoms with Crippen LogP contribution in [0.15, 0.2) is 30.5 Å². The summed E-state index contributed by atoms with van der Waals surface area (Å²) in [6.45, 7) is 4.05. The Labute approximate surface area is 120 Å². The van der Waals surface area contributed by atoms with E-state index in [0.29, 0.717) is 10.6 Å². The second-order valence-corrected chi connectivity index (χ2v) is 6.21. The van der Waals surface area contributed by atoms with E-state index < -0.39 is 0 Å². The average molecular weight is 290 g/mol. The lowest BCUT2D eigenvalue weighted by Crippen LogP contribution is -1.97. The number of aromatic nitrogens is 1. The van der Waals surface area contributed by atoms with Crippen LogP contribution in [0.1, 0.15) is 25.7 Å². The maximum absolute atomic E-state index is 12.6. The predicted molar refractivity (Wildman–Crippen MR) is 80.5 cm³/mol. The zero-order valence-corrected chi connectivity index (χ0v) is 12.2. The Balaban J connectivity index is 2.17. The van der Waals surface area contributed by atoms with Crippen LogP contribution in [0.25, 0.3) is 10.9 Å². The minimum Gasteiger partial charge on any atom is -0.360 e. The first-order chi connectivity index (χ1) is 9.08. The van der Waals surface area contributed by atoms with Crippen molar-refractivity contribution in [1.82, 2.24) is 4.98 Å². The molecular weight excluding hydrogens is 278 g/mol. The fourth-order valence-electron chi connectivity index (χ4n) is 2.14. The van der Waals surface area contributed by atoms with Crippen LogP contribution in [-0.4, -0.2) is 10.8 Å². The van der Waals surface area contributed by atoms with Crippen molar-refractivity contribution in [2.45, 2.75) is 13.8 Å². The molecule has 0 aliphatic carbocycles. The molecule has 0 atom stereocenters. The van der Waals surface area contributed by atoms with Gasteiger partial charge in [-0.05, 0) is 37.6 Å². The van der Waals surface area contributed by atoms with Gasteiger partial charge in [0, 0.05) is 22.0 Å². The van der Waals surface area contributed by atoms with Gasteiger partial charge in [0.15, 0.2) is 0 Å². The summed E-state index contributed by atoms with van der Waals surface area (Å²) < 4.78 is 0. The fraction of sp³-hybridized carbons (Fsp3) is 0.133. The Morgan fingerprint density at radius 1 is 1.32 bits per heavy atom. The number of carbonyl (C=O) groups is 1. The van der Waals surface area contributed by atoms with Crippen LogP contribution in [0.2, 0.25) is 5.02 Å². The van der Waals surface area contributed by atoms with Crippen LogP contribution in [0, 0.1) is 13.8 Å². The number of halogens is 1. The topological polar surface area (TPSA) is 32.9 Å². The molecular formula is C15H12ClNOS. The van der Waals surface area contributed by atoms with Gasteiger partial charge in [-0.1, -0.05) is 17.7 Å². The number of hydrogen-bond donors (Lipinski definition) is 1. The van der Waals surface area contributed by atoms with Crippen molar-refractivity contribution < 1.29 is 4.79 Å². The molecule has 0 bridgehead atoms. The molecule has 3 aromatic rings. The van der Waals surface area contributed by atoms with E-state index in [0.717, 1.165) is 21.3 Å². The molecule has 0 aliphatic heterocycles. The molecule has 2 heterocycles. The molecule has 0 saturated carbocycles. The van der Waals surface area contributed by atoms with Gasteiger partial charge < -0.3 is 4.98 Å². The Kier molecular flexibility index (Phi) is 2.96. The van der Waals surface area contributed by atoms with Gasteiger partial charge in [0.1, 0.15) is 0 Å². The molecule has 2 nitrogen and oxygen atoms in total. The molecule has 4 heteroatoms. The molecule has 0 spiro atoms. The highest BCUT2D eigenvalue weighted by Crippen LogP contribution is 2.30. The molecule has 0 radical (unpaired) electrons. The van der Waals surface area contributed by atoms with Crippen LogP contribution >= 0.6 is 22.9 Å². The van der Waals surface area contributed by atoms with Gasteiger partial charge in [-0.15, -0.1) is 11.3 Å². The van der Waals surface area contributed by atoms with E-state index in [1.54, 1.807) is 12.3 Å². The monoisotopic (exact) mass is 289 g/mol. The summed E-state index contributed by atoms with van der Waals surface area (Å²) in [5.74, 6) is 0.0283. The summed E-state index contributed by atoms with van der Waals surface area (Å²) in [4.78, 5) is 17.6. The first-order valence-electron chi connectivity index (χ1n) is 5.95. The molecule has 1 aromatic carbocycles. The van der Waals surface area contributed by atoms with E-state index in [4.69, 9.17) is 11.6 Å². The number of ketones is 1. The Hall–Kier alpha value is -1.58. The predicted octanol–water partition coefficient (Wildman–Crippen LogP) is 4.73. The first kappa shape index (κ1) is 12.5. The molecule has 19 heavy (non-hydrogen) atoms. The van der Waals surface area contributed by atoms with Gasteiger partial charge in [-0.2, -0.15) is 0 Å². The number of carbonyl (C=O) groups excluding carboxylic acids is 1. The summed E-state index contributed by atoms with van der Waals surface area (Å²) in [5, 5.41) is 1.41. The zero-order chi connectivity index (χ0) is 13.6. The maximum Gasteiger partial charge on any atom is 0.205 e.